The monoisotopic (exact) mass is 424 g/mol. The van der Waals surface area contributed by atoms with Crippen molar-refractivity contribution in [1.82, 2.24) is 0 Å². The molecular formula is C28H50F2. The maximum absolute atomic E-state index is 14.6. The molecule has 5 unspecified atom stereocenters. The van der Waals surface area contributed by atoms with Crippen LogP contribution in [0, 0.1) is 47.3 Å². The Morgan fingerprint density at radius 1 is 0.667 bits per heavy atom. The predicted molar refractivity (Wildman–Crippen MR) is 125 cm³/mol. The van der Waals surface area contributed by atoms with Gasteiger partial charge in [-0.1, -0.05) is 79.1 Å². The van der Waals surface area contributed by atoms with Crippen LogP contribution in [0.2, 0.25) is 0 Å². The van der Waals surface area contributed by atoms with E-state index in [-0.39, 0.29) is 11.8 Å². The fourth-order valence-corrected chi connectivity index (χ4v) is 7.07. The summed E-state index contributed by atoms with van der Waals surface area (Å²) in [4.78, 5) is 0. The molecule has 3 rings (SSSR count). The molecule has 3 saturated carbocycles. The van der Waals surface area contributed by atoms with Crippen molar-refractivity contribution in [2.45, 2.75) is 130 Å². The molecule has 3 aliphatic rings. The SMILES string of the molecule is CC(C)CCC(C)C1CCC(CCC2CCC(C3CCC(C)C(F)C3F)CC2)CC1. The third-order valence-electron chi connectivity index (χ3n) is 9.59. The van der Waals surface area contributed by atoms with Crippen molar-refractivity contribution in [2.24, 2.45) is 47.3 Å². The van der Waals surface area contributed by atoms with Crippen LogP contribution in [0.25, 0.3) is 0 Å². The van der Waals surface area contributed by atoms with Crippen molar-refractivity contribution in [3.8, 4) is 0 Å². The minimum atomic E-state index is -1.22. The third-order valence-corrected chi connectivity index (χ3v) is 9.59. The molecule has 0 saturated heterocycles. The average Bonchev–Trinajstić information content (AvgIpc) is 2.75. The van der Waals surface area contributed by atoms with Crippen LogP contribution in [0.5, 0.6) is 0 Å². The Morgan fingerprint density at radius 3 is 1.80 bits per heavy atom. The molecule has 176 valence electrons. The van der Waals surface area contributed by atoms with Gasteiger partial charge in [0.25, 0.3) is 0 Å². The van der Waals surface area contributed by atoms with Crippen LogP contribution in [0.3, 0.4) is 0 Å². The summed E-state index contributed by atoms with van der Waals surface area (Å²) in [7, 11) is 0. The zero-order chi connectivity index (χ0) is 21.7. The minimum Gasteiger partial charge on any atom is -0.244 e. The molecule has 0 spiro atoms. The second-order valence-electron chi connectivity index (χ2n) is 12.2. The highest BCUT2D eigenvalue weighted by Crippen LogP contribution is 2.45. The van der Waals surface area contributed by atoms with E-state index in [1.165, 1.54) is 64.2 Å². The van der Waals surface area contributed by atoms with Crippen molar-refractivity contribution >= 4 is 0 Å². The van der Waals surface area contributed by atoms with Crippen molar-refractivity contribution in [3.63, 3.8) is 0 Å². The normalized spacial score (nSPS) is 41.7. The van der Waals surface area contributed by atoms with Gasteiger partial charge >= 0.3 is 0 Å². The van der Waals surface area contributed by atoms with E-state index in [0.717, 1.165) is 55.3 Å². The predicted octanol–water partition coefficient (Wildman–Crippen LogP) is 9.17. The Hall–Kier alpha value is -0.140. The van der Waals surface area contributed by atoms with Crippen molar-refractivity contribution in [3.05, 3.63) is 0 Å². The lowest BCUT2D eigenvalue weighted by molar-refractivity contribution is -0.00690. The number of hydrogen-bond acceptors (Lipinski definition) is 0. The first-order chi connectivity index (χ1) is 14.3. The molecule has 0 aromatic heterocycles. The lowest BCUT2D eigenvalue weighted by atomic mass is 9.67. The lowest BCUT2D eigenvalue weighted by Crippen LogP contribution is -2.41. The maximum atomic E-state index is 14.6. The van der Waals surface area contributed by atoms with E-state index >= 15 is 0 Å². The van der Waals surface area contributed by atoms with Gasteiger partial charge < -0.3 is 0 Å². The Kier molecular flexibility index (Phi) is 9.51. The summed E-state index contributed by atoms with van der Waals surface area (Å²) in [5, 5.41) is 0. The average molecular weight is 425 g/mol. The highest BCUT2D eigenvalue weighted by atomic mass is 19.2. The van der Waals surface area contributed by atoms with Gasteiger partial charge in [0, 0.05) is 0 Å². The van der Waals surface area contributed by atoms with E-state index in [1.54, 1.807) is 0 Å². The molecule has 3 fully saturated rings. The Bertz CT molecular complexity index is 473. The first-order valence-electron chi connectivity index (χ1n) is 13.6. The molecule has 0 bridgehead atoms. The van der Waals surface area contributed by atoms with Crippen LogP contribution in [-0.2, 0) is 0 Å². The zero-order valence-electron chi connectivity index (χ0n) is 20.4. The summed E-state index contributed by atoms with van der Waals surface area (Å²) in [6.07, 6.45) is 15.6. The number of hydrogen-bond donors (Lipinski definition) is 0. The molecule has 30 heavy (non-hydrogen) atoms. The van der Waals surface area contributed by atoms with Crippen LogP contribution in [0.1, 0.15) is 118 Å². The van der Waals surface area contributed by atoms with E-state index in [1.807, 2.05) is 6.92 Å². The van der Waals surface area contributed by atoms with E-state index < -0.39 is 12.3 Å². The van der Waals surface area contributed by atoms with E-state index in [0.29, 0.717) is 5.92 Å². The number of rotatable bonds is 8. The first-order valence-corrected chi connectivity index (χ1v) is 13.6. The molecule has 0 aromatic rings. The Morgan fingerprint density at radius 2 is 1.23 bits per heavy atom. The van der Waals surface area contributed by atoms with Gasteiger partial charge in [-0.3, -0.25) is 0 Å². The van der Waals surface area contributed by atoms with Gasteiger partial charge in [-0.05, 0) is 85.9 Å². The third kappa shape index (κ3) is 6.68. The fraction of sp³-hybridized carbons (Fsp3) is 1.00. The summed E-state index contributed by atoms with van der Waals surface area (Å²) in [6.45, 7) is 9.07. The van der Waals surface area contributed by atoms with Gasteiger partial charge in [-0.2, -0.15) is 0 Å². The largest absolute Gasteiger partial charge is 0.244 e. The number of halogens is 2. The maximum Gasteiger partial charge on any atom is 0.134 e. The molecule has 0 N–H and O–H groups in total. The minimum absolute atomic E-state index is 0.00473. The lowest BCUT2D eigenvalue weighted by Gasteiger charge is -2.41. The van der Waals surface area contributed by atoms with Crippen molar-refractivity contribution in [1.29, 1.82) is 0 Å². The molecule has 0 aromatic carbocycles. The first kappa shape index (κ1) is 24.5. The second kappa shape index (κ2) is 11.6. The summed E-state index contributed by atoms with van der Waals surface area (Å²) >= 11 is 0. The Balaban J connectivity index is 1.31. The van der Waals surface area contributed by atoms with Gasteiger partial charge in [0.05, 0.1) is 0 Å². The van der Waals surface area contributed by atoms with E-state index in [2.05, 4.69) is 20.8 Å². The van der Waals surface area contributed by atoms with E-state index in [4.69, 9.17) is 0 Å². The standard InChI is InChI=1S/C28H50F2/c1-19(2)5-6-20(3)24-14-10-22(11-15-24)8-9-23-12-16-25(17-13-23)26-18-7-21(4)27(29)28(26)30/h19-28H,5-18H2,1-4H3. The van der Waals surface area contributed by atoms with Crippen LogP contribution in [0.4, 0.5) is 8.78 Å². The topological polar surface area (TPSA) is 0 Å². The van der Waals surface area contributed by atoms with Crippen LogP contribution in [-0.4, -0.2) is 12.3 Å². The smallest absolute Gasteiger partial charge is 0.134 e. The molecule has 2 heteroatoms. The zero-order valence-corrected chi connectivity index (χ0v) is 20.4. The fourth-order valence-electron chi connectivity index (χ4n) is 7.07. The summed E-state index contributed by atoms with van der Waals surface area (Å²) in [5.41, 5.74) is 0. The molecule has 0 nitrogen and oxygen atoms in total. The number of alkyl halides is 2. The Labute approximate surface area is 186 Å². The van der Waals surface area contributed by atoms with Gasteiger partial charge in [0.2, 0.25) is 0 Å². The summed E-state index contributed by atoms with van der Waals surface area (Å²) < 4.78 is 28.7. The molecular weight excluding hydrogens is 374 g/mol. The van der Waals surface area contributed by atoms with Gasteiger partial charge in [-0.15, -0.1) is 0 Å². The quantitative estimate of drug-likeness (QED) is 0.364. The van der Waals surface area contributed by atoms with Crippen LogP contribution >= 0.6 is 0 Å². The molecule has 0 heterocycles. The molecule has 5 atom stereocenters. The van der Waals surface area contributed by atoms with Gasteiger partial charge in [-0.25, -0.2) is 8.78 Å². The van der Waals surface area contributed by atoms with Gasteiger partial charge in [0.1, 0.15) is 12.3 Å². The summed E-state index contributed by atoms with van der Waals surface area (Å²) in [6, 6.07) is 0. The second-order valence-corrected chi connectivity index (χ2v) is 12.2. The highest BCUT2D eigenvalue weighted by Gasteiger charge is 2.42. The molecule has 0 radical (unpaired) electrons. The molecule has 0 amide bonds. The van der Waals surface area contributed by atoms with Crippen LogP contribution < -0.4 is 0 Å². The summed E-state index contributed by atoms with van der Waals surface area (Å²) in [5.74, 6) is 4.91. The van der Waals surface area contributed by atoms with Crippen LogP contribution in [0.15, 0.2) is 0 Å². The van der Waals surface area contributed by atoms with Gasteiger partial charge in [0.15, 0.2) is 0 Å². The highest BCUT2D eigenvalue weighted by molar-refractivity contribution is 4.91. The van der Waals surface area contributed by atoms with E-state index in [9.17, 15) is 8.78 Å². The molecule has 0 aliphatic heterocycles. The van der Waals surface area contributed by atoms with Crippen molar-refractivity contribution < 1.29 is 8.78 Å². The molecule has 3 aliphatic carbocycles. The van der Waals surface area contributed by atoms with Crippen molar-refractivity contribution in [2.75, 3.05) is 0 Å².